The first-order valence-corrected chi connectivity index (χ1v) is 12.7. The number of hydrogen-bond donors (Lipinski definition) is 7. The van der Waals surface area contributed by atoms with E-state index in [0.29, 0.717) is 25.8 Å². The number of primary amides is 1. The van der Waals surface area contributed by atoms with Gasteiger partial charge in [0.2, 0.25) is 23.5 Å². The zero-order valence-corrected chi connectivity index (χ0v) is 21.9. The van der Waals surface area contributed by atoms with Gasteiger partial charge < -0.3 is 43.6 Å². The minimum atomic E-state index is -1.60. The molecule has 1 aromatic carbocycles. The average Bonchev–Trinajstić information content (AvgIpc) is 3.38. The van der Waals surface area contributed by atoms with E-state index in [1.54, 1.807) is 0 Å². The first kappa shape index (κ1) is 31.2. The molecule has 14 nitrogen and oxygen atoms in total. The topological polar surface area (TPSA) is 249 Å². The Morgan fingerprint density at radius 1 is 1.10 bits per heavy atom. The SMILES string of the molecule is C[C@H](O)[C@@H](NC(=O)[C@@H](CCCN=C(N)N)NC(=O)[C@@H]1CCCN1C(=O)[C@H](N)Cc1ccccc1)C(=O)C(N)=O. The fourth-order valence-corrected chi connectivity index (χ4v) is 4.32. The van der Waals surface area contributed by atoms with Crippen LogP contribution in [0.4, 0.5) is 0 Å². The van der Waals surface area contributed by atoms with Gasteiger partial charge in [-0.25, -0.2) is 0 Å². The van der Waals surface area contributed by atoms with Crippen molar-refractivity contribution in [2.45, 2.75) is 69.3 Å². The summed E-state index contributed by atoms with van der Waals surface area (Å²) in [4.78, 5) is 68.1. The number of carbonyl (C=O) groups excluding carboxylic acids is 5. The molecular weight excluding hydrogens is 508 g/mol. The molecule has 0 spiro atoms. The molecule has 0 radical (unpaired) electrons. The third kappa shape index (κ3) is 9.33. The van der Waals surface area contributed by atoms with E-state index in [9.17, 15) is 29.1 Å². The number of hydrogen-bond acceptors (Lipinski definition) is 8. The Bertz CT molecular complexity index is 1060. The first-order valence-electron chi connectivity index (χ1n) is 12.7. The van der Waals surface area contributed by atoms with Crippen molar-refractivity contribution in [3.63, 3.8) is 0 Å². The summed E-state index contributed by atoms with van der Waals surface area (Å²) in [6.07, 6.45) is 0.138. The minimum Gasteiger partial charge on any atom is -0.391 e. The van der Waals surface area contributed by atoms with E-state index in [1.807, 2.05) is 30.3 Å². The number of nitrogens with zero attached hydrogens (tertiary/aromatic N) is 2. The van der Waals surface area contributed by atoms with Crippen molar-refractivity contribution < 1.29 is 29.1 Å². The van der Waals surface area contributed by atoms with Crippen LogP contribution in [-0.4, -0.2) is 88.7 Å². The molecule has 5 atom stereocenters. The highest BCUT2D eigenvalue weighted by Crippen LogP contribution is 2.20. The van der Waals surface area contributed by atoms with Crippen molar-refractivity contribution in [3.8, 4) is 0 Å². The number of nitrogens with one attached hydrogen (secondary N) is 2. The highest BCUT2D eigenvalue weighted by Gasteiger charge is 2.38. The van der Waals surface area contributed by atoms with Crippen LogP contribution >= 0.6 is 0 Å². The molecule has 1 heterocycles. The maximum Gasteiger partial charge on any atom is 0.287 e. The molecule has 0 aromatic heterocycles. The molecule has 214 valence electrons. The van der Waals surface area contributed by atoms with Crippen molar-refractivity contribution in [2.75, 3.05) is 13.1 Å². The zero-order chi connectivity index (χ0) is 29.1. The molecule has 2 rings (SSSR count). The van der Waals surface area contributed by atoms with Crippen LogP contribution in [0, 0.1) is 0 Å². The quantitative estimate of drug-likeness (QED) is 0.0543. The second-order valence-electron chi connectivity index (χ2n) is 9.45. The highest BCUT2D eigenvalue weighted by molar-refractivity contribution is 6.38. The Morgan fingerprint density at radius 2 is 1.77 bits per heavy atom. The molecule has 1 fully saturated rings. The van der Waals surface area contributed by atoms with Crippen molar-refractivity contribution in [3.05, 3.63) is 35.9 Å². The number of benzene rings is 1. The number of rotatable bonds is 14. The lowest BCUT2D eigenvalue weighted by Gasteiger charge is -2.29. The van der Waals surface area contributed by atoms with Gasteiger partial charge in [-0.2, -0.15) is 0 Å². The molecular formula is C25H38N8O6. The zero-order valence-electron chi connectivity index (χ0n) is 21.9. The van der Waals surface area contributed by atoms with E-state index in [-0.39, 0.29) is 31.3 Å². The number of amides is 4. The third-order valence-electron chi connectivity index (χ3n) is 6.34. The summed E-state index contributed by atoms with van der Waals surface area (Å²) in [6.45, 7) is 1.70. The summed E-state index contributed by atoms with van der Waals surface area (Å²) in [5.41, 5.74) is 22.7. The summed E-state index contributed by atoms with van der Waals surface area (Å²) in [6, 6.07) is 4.75. The van der Waals surface area contributed by atoms with Crippen LogP contribution in [0.25, 0.3) is 0 Å². The number of carbonyl (C=O) groups is 5. The Balaban J connectivity index is 2.14. The molecule has 0 aliphatic carbocycles. The van der Waals surface area contributed by atoms with Gasteiger partial charge in [-0.15, -0.1) is 0 Å². The van der Waals surface area contributed by atoms with Gasteiger partial charge in [0.05, 0.1) is 12.1 Å². The minimum absolute atomic E-state index is 0.0554. The van der Waals surface area contributed by atoms with Crippen LogP contribution in [0.5, 0.6) is 0 Å². The first-order chi connectivity index (χ1) is 18.4. The summed E-state index contributed by atoms with van der Waals surface area (Å²) in [7, 11) is 0. The molecule has 1 aromatic rings. The number of ketones is 1. The van der Waals surface area contributed by atoms with Gasteiger partial charge in [0.25, 0.3) is 5.91 Å². The number of nitrogens with two attached hydrogens (primary N) is 4. The highest BCUT2D eigenvalue weighted by atomic mass is 16.3. The molecule has 0 bridgehead atoms. The van der Waals surface area contributed by atoms with Crippen molar-refractivity contribution in [2.24, 2.45) is 27.9 Å². The van der Waals surface area contributed by atoms with Gasteiger partial charge in [-0.05, 0) is 44.6 Å². The molecule has 11 N–H and O–H groups in total. The van der Waals surface area contributed by atoms with Crippen molar-refractivity contribution in [1.82, 2.24) is 15.5 Å². The maximum atomic E-state index is 13.3. The van der Waals surface area contributed by atoms with Crippen molar-refractivity contribution >= 4 is 35.4 Å². The van der Waals surface area contributed by atoms with E-state index in [2.05, 4.69) is 15.6 Å². The van der Waals surface area contributed by atoms with Crippen LogP contribution in [0.3, 0.4) is 0 Å². The smallest absolute Gasteiger partial charge is 0.287 e. The summed E-state index contributed by atoms with van der Waals surface area (Å²) >= 11 is 0. The molecule has 0 unspecified atom stereocenters. The number of aliphatic hydroxyl groups is 1. The van der Waals surface area contributed by atoms with E-state index < -0.39 is 53.8 Å². The third-order valence-corrected chi connectivity index (χ3v) is 6.34. The molecule has 0 saturated carbocycles. The summed E-state index contributed by atoms with van der Waals surface area (Å²) < 4.78 is 0. The molecule has 1 aliphatic heterocycles. The van der Waals surface area contributed by atoms with Gasteiger partial charge in [-0.3, -0.25) is 29.0 Å². The van der Waals surface area contributed by atoms with Gasteiger partial charge in [0, 0.05) is 13.1 Å². The number of guanidine groups is 1. The fraction of sp³-hybridized carbons (Fsp3) is 0.520. The van der Waals surface area contributed by atoms with E-state index in [1.165, 1.54) is 11.8 Å². The number of aliphatic hydroxyl groups excluding tert-OH is 1. The average molecular weight is 547 g/mol. The largest absolute Gasteiger partial charge is 0.391 e. The lowest BCUT2D eigenvalue weighted by atomic mass is 10.0. The van der Waals surface area contributed by atoms with Gasteiger partial charge in [0.15, 0.2) is 5.96 Å². The van der Waals surface area contributed by atoms with E-state index >= 15 is 0 Å². The second-order valence-corrected chi connectivity index (χ2v) is 9.45. The predicted molar refractivity (Wildman–Crippen MR) is 143 cm³/mol. The van der Waals surface area contributed by atoms with Crippen LogP contribution < -0.4 is 33.6 Å². The Hall–Kier alpha value is -4.04. The van der Waals surface area contributed by atoms with Gasteiger partial charge >= 0.3 is 0 Å². The standard InChI is InChI=1S/C25H38N8O6/c1-14(34)19(20(35)21(27)36)32-22(37)17(9-5-11-30-25(28)29)31-23(38)18-10-6-12-33(18)24(39)16(26)13-15-7-3-2-4-8-15/h2-4,7-8,14,16-19,34H,5-6,9-13,26H2,1H3,(H2,27,36)(H,31,38)(H,32,37)(H4,28,29,30)/t14-,16+,17+,18-,19+/m0/s1. The maximum absolute atomic E-state index is 13.3. The van der Waals surface area contributed by atoms with Crippen LogP contribution in [0.15, 0.2) is 35.3 Å². The van der Waals surface area contributed by atoms with Crippen LogP contribution in [0.2, 0.25) is 0 Å². The number of aliphatic imine (C=N–C) groups is 1. The van der Waals surface area contributed by atoms with E-state index in [0.717, 1.165) is 5.56 Å². The Morgan fingerprint density at radius 3 is 2.36 bits per heavy atom. The van der Waals surface area contributed by atoms with E-state index in [4.69, 9.17) is 22.9 Å². The second kappa shape index (κ2) is 14.8. The van der Waals surface area contributed by atoms with Crippen molar-refractivity contribution in [1.29, 1.82) is 0 Å². The lowest BCUT2D eigenvalue weighted by Crippen LogP contribution is -2.59. The van der Waals surface area contributed by atoms with Gasteiger partial charge in [0.1, 0.15) is 18.1 Å². The molecule has 14 heteroatoms. The Kier molecular flexibility index (Phi) is 11.8. The molecule has 39 heavy (non-hydrogen) atoms. The number of likely N-dealkylation sites (tertiary alicyclic amines) is 1. The normalized spacial score (nSPS) is 17.8. The molecule has 1 saturated heterocycles. The van der Waals surface area contributed by atoms with Crippen LogP contribution in [-0.2, 0) is 30.4 Å². The fourth-order valence-electron chi connectivity index (χ4n) is 4.32. The summed E-state index contributed by atoms with van der Waals surface area (Å²) in [5, 5.41) is 14.8. The molecule has 1 aliphatic rings. The summed E-state index contributed by atoms with van der Waals surface area (Å²) in [5.74, 6) is -4.46. The number of Topliss-reactive ketones (excluding diaryl/α,β-unsaturated/α-hetero) is 1. The lowest BCUT2D eigenvalue weighted by molar-refractivity contribution is -0.141. The monoisotopic (exact) mass is 546 g/mol. The molecule has 4 amide bonds. The van der Waals surface area contributed by atoms with Gasteiger partial charge in [-0.1, -0.05) is 30.3 Å². The predicted octanol–water partition coefficient (Wildman–Crippen LogP) is -2.99. The Labute approximate surface area is 226 Å². The van der Waals surface area contributed by atoms with Crippen LogP contribution in [0.1, 0.15) is 38.2 Å².